The van der Waals surface area contributed by atoms with Crippen LogP contribution in [0.5, 0.6) is 5.75 Å². The first-order valence-corrected chi connectivity index (χ1v) is 11.7. The van der Waals surface area contributed by atoms with Crippen molar-refractivity contribution < 1.29 is 31.1 Å². The van der Waals surface area contributed by atoms with Crippen LogP contribution in [0.3, 0.4) is 0 Å². The topological polar surface area (TPSA) is 84.5 Å². The fourth-order valence-electron chi connectivity index (χ4n) is 3.45. The maximum Gasteiger partial charge on any atom is 0.416 e. The van der Waals surface area contributed by atoms with Crippen LogP contribution in [0.25, 0.3) is 10.8 Å². The van der Waals surface area contributed by atoms with E-state index >= 15 is 0 Å². The molecular formula is C25H19F3N2O4S. The van der Waals surface area contributed by atoms with Crippen molar-refractivity contribution >= 4 is 38.1 Å². The Hall–Kier alpha value is -4.05. The number of nitrogens with one attached hydrogen (secondary N) is 2. The van der Waals surface area contributed by atoms with Gasteiger partial charge < -0.3 is 10.1 Å². The van der Waals surface area contributed by atoms with Gasteiger partial charge in [-0.25, -0.2) is 8.42 Å². The van der Waals surface area contributed by atoms with Crippen LogP contribution in [-0.4, -0.2) is 21.4 Å². The summed E-state index contributed by atoms with van der Waals surface area (Å²) in [5.74, 6) is -0.0732. The van der Waals surface area contributed by atoms with Crippen molar-refractivity contribution in [3.8, 4) is 5.75 Å². The van der Waals surface area contributed by atoms with Crippen LogP contribution in [0.1, 0.15) is 15.9 Å². The normalized spacial score (nSPS) is 11.8. The zero-order valence-corrected chi connectivity index (χ0v) is 19.1. The van der Waals surface area contributed by atoms with Crippen molar-refractivity contribution in [3.63, 3.8) is 0 Å². The van der Waals surface area contributed by atoms with Crippen molar-refractivity contribution in [2.45, 2.75) is 11.1 Å². The molecule has 2 N–H and O–H groups in total. The molecule has 0 aliphatic carbocycles. The molecule has 35 heavy (non-hydrogen) atoms. The lowest BCUT2D eigenvalue weighted by Crippen LogP contribution is -2.15. The van der Waals surface area contributed by atoms with E-state index in [1.807, 2.05) is 24.3 Å². The maximum absolute atomic E-state index is 12.9. The summed E-state index contributed by atoms with van der Waals surface area (Å²) in [7, 11) is -2.70. The number of carbonyl (C=O) groups excluding carboxylic acids is 1. The Bertz CT molecular complexity index is 1500. The predicted molar refractivity (Wildman–Crippen MR) is 127 cm³/mol. The van der Waals surface area contributed by atoms with Gasteiger partial charge in [0, 0.05) is 11.4 Å². The van der Waals surface area contributed by atoms with Gasteiger partial charge in [0.05, 0.1) is 23.1 Å². The molecule has 0 radical (unpaired) electrons. The van der Waals surface area contributed by atoms with Gasteiger partial charge >= 0.3 is 6.18 Å². The Kier molecular flexibility index (Phi) is 6.40. The van der Waals surface area contributed by atoms with E-state index in [0.717, 1.165) is 22.9 Å². The number of ether oxygens (including phenoxy) is 1. The molecule has 4 aromatic rings. The molecule has 180 valence electrons. The molecule has 0 heterocycles. The molecule has 0 spiro atoms. The fourth-order valence-corrected chi connectivity index (χ4v) is 4.50. The second-order valence-electron chi connectivity index (χ2n) is 7.56. The summed E-state index contributed by atoms with van der Waals surface area (Å²) in [5.41, 5.74) is -0.571. The van der Waals surface area contributed by atoms with Gasteiger partial charge in [0.15, 0.2) is 0 Å². The third-order valence-electron chi connectivity index (χ3n) is 5.18. The minimum atomic E-state index is -4.60. The lowest BCUT2D eigenvalue weighted by Gasteiger charge is -2.13. The monoisotopic (exact) mass is 500 g/mol. The molecule has 0 aliphatic rings. The lowest BCUT2D eigenvalue weighted by molar-refractivity contribution is -0.137. The molecule has 4 rings (SSSR count). The molecule has 0 saturated heterocycles. The molecule has 0 aliphatic heterocycles. The van der Waals surface area contributed by atoms with E-state index in [2.05, 4.69) is 10.0 Å². The number of methoxy groups -OCH3 is 1. The second-order valence-corrected chi connectivity index (χ2v) is 9.24. The van der Waals surface area contributed by atoms with Crippen LogP contribution >= 0.6 is 0 Å². The summed E-state index contributed by atoms with van der Waals surface area (Å²) in [5, 5.41) is 4.44. The van der Waals surface area contributed by atoms with Crippen molar-refractivity contribution in [2.75, 3.05) is 17.1 Å². The maximum atomic E-state index is 12.9. The van der Waals surface area contributed by atoms with Crippen molar-refractivity contribution in [3.05, 3.63) is 96.1 Å². The number of fused-ring (bicyclic) bond motifs is 1. The highest BCUT2D eigenvalue weighted by molar-refractivity contribution is 7.92. The van der Waals surface area contributed by atoms with E-state index in [-0.39, 0.29) is 10.6 Å². The predicted octanol–water partition coefficient (Wildman–Crippen LogP) is 5.92. The van der Waals surface area contributed by atoms with Crippen LogP contribution in [-0.2, 0) is 16.2 Å². The smallest absolute Gasteiger partial charge is 0.416 e. The molecule has 0 fully saturated rings. The minimum absolute atomic E-state index is 0.184. The number of hydrogen-bond acceptors (Lipinski definition) is 4. The van der Waals surface area contributed by atoms with Gasteiger partial charge in [-0.15, -0.1) is 0 Å². The Balaban J connectivity index is 1.52. The Morgan fingerprint density at radius 1 is 0.829 bits per heavy atom. The lowest BCUT2D eigenvalue weighted by atomic mass is 10.1. The van der Waals surface area contributed by atoms with Crippen LogP contribution in [0.2, 0.25) is 0 Å². The molecule has 0 atom stereocenters. The summed E-state index contributed by atoms with van der Waals surface area (Å²) in [6.07, 6.45) is -4.60. The molecule has 0 bridgehead atoms. The van der Waals surface area contributed by atoms with Gasteiger partial charge in [0.1, 0.15) is 5.75 Å². The molecule has 1 amide bonds. The molecule has 4 aromatic carbocycles. The van der Waals surface area contributed by atoms with Gasteiger partial charge in [-0.3, -0.25) is 9.52 Å². The first-order valence-electron chi connectivity index (χ1n) is 10.2. The largest absolute Gasteiger partial charge is 0.496 e. The van der Waals surface area contributed by atoms with Crippen molar-refractivity contribution in [1.29, 1.82) is 0 Å². The first-order chi connectivity index (χ1) is 16.6. The highest BCUT2D eigenvalue weighted by Crippen LogP contribution is 2.31. The Labute approximate surface area is 199 Å². The van der Waals surface area contributed by atoms with E-state index in [4.69, 9.17) is 4.74 Å². The SMILES string of the molecule is COc1cc2ccccc2cc1C(=O)Nc1ccc(S(=O)(=O)Nc2cccc(C(F)(F)F)c2)cc1. The Morgan fingerprint density at radius 2 is 1.49 bits per heavy atom. The molecule has 0 aromatic heterocycles. The third kappa shape index (κ3) is 5.38. The Morgan fingerprint density at radius 3 is 2.11 bits per heavy atom. The summed E-state index contributed by atoms with van der Waals surface area (Å²) in [4.78, 5) is 12.7. The van der Waals surface area contributed by atoms with Crippen LogP contribution in [0, 0.1) is 0 Å². The molecule has 10 heteroatoms. The fraction of sp³-hybridized carbons (Fsp3) is 0.0800. The average molecular weight is 500 g/mol. The first kappa shape index (κ1) is 24.1. The van der Waals surface area contributed by atoms with Gasteiger partial charge in [-0.2, -0.15) is 13.2 Å². The molecular weight excluding hydrogens is 481 g/mol. The second kappa shape index (κ2) is 9.30. The van der Waals surface area contributed by atoms with Crippen LogP contribution < -0.4 is 14.8 Å². The average Bonchev–Trinajstić information content (AvgIpc) is 2.83. The van der Waals surface area contributed by atoms with Gasteiger partial charge in [-0.05, 0) is 65.4 Å². The number of benzene rings is 4. The number of alkyl halides is 3. The van der Waals surface area contributed by atoms with Crippen molar-refractivity contribution in [1.82, 2.24) is 0 Å². The van der Waals surface area contributed by atoms with E-state index in [9.17, 15) is 26.4 Å². The van der Waals surface area contributed by atoms with Crippen LogP contribution in [0.15, 0.2) is 89.8 Å². The number of amides is 1. The van der Waals surface area contributed by atoms with Gasteiger partial charge in [-0.1, -0.05) is 30.3 Å². The summed E-state index contributed by atoms with van der Waals surface area (Å²) >= 11 is 0. The summed E-state index contributed by atoms with van der Waals surface area (Å²) in [6, 6.07) is 20.1. The van der Waals surface area contributed by atoms with E-state index in [0.29, 0.717) is 23.1 Å². The standard InChI is InChI=1S/C25H19F3N2O4S/c1-34-23-14-17-6-3-2-5-16(17)13-22(23)24(31)29-19-9-11-21(12-10-19)35(32,33)30-20-8-4-7-18(15-20)25(26,27)28/h2-15,30H,1H3,(H,29,31). The quantitative estimate of drug-likeness (QED) is 0.344. The number of halogens is 3. The molecule has 6 nitrogen and oxygen atoms in total. The highest BCUT2D eigenvalue weighted by atomic mass is 32.2. The van der Waals surface area contributed by atoms with E-state index < -0.39 is 27.7 Å². The molecule has 0 unspecified atom stereocenters. The molecule has 0 saturated carbocycles. The third-order valence-corrected chi connectivity index (χ3v) is 6.57. The van der Waals surface area contributed by atoms with E-state index in [1.54, 1.807) is 12.1 Å². The van der Waals surface area contributed by atoms with Crippen LogP contribution in [0.4, 0.5) is 24.5 Å². The van der Waals surface area contributed by atoms with Gasteiger partial charge in [0.25, 0.3) is 15.9 Å². The van der Waals surface area contributed by atoms with E-state index in [1.165, 1.54) is 37.4 Å². The van der Waals surface area contributed by atoms with Crippen molar-refractivity contribution in [2.24, 2.45) is 0 Å². The number of hydrogen-bond donors (Lipinski definition) is 2. The number of rotatable bonds is 6. The highest BCUT2D eigenvalue weighted by Gasteiger charge is 2.30. The zero-order chi connectivity index (χ0) is 25.2. The summed E-state index contributed by atoms with van der Waals surface area (Å²) < 4.78 is 71.4. The summed E-state index contributed by atoms with van der Waals surface area (Å²) in [6.45, 7) is 0. The number of sulfonamides is 1. The minimum Gasteiger partial charge on any atom is -0.496 e. The number of carbonyl (C=O) groups is 1. The zero-order valence-electron chi connectivity index (χ0n) is 18.3. The van der Waals surface area contributed by atoms with Gasteiger partial charge in [0.2, 0.25) is 0 Å². The number of anilines is 2.